The fourth-order valence-corrected chi connectivity index (χ4v) is 2.71. The van der Waals surface area contributed by atoms with Gasteiger partial charge in [-0.2, -0.15) is 0 Å². The maximum Gasteiger partial charge on any atom is 0.139 e. The summed E-state index contributed by atoms with van der Waals surface area (Å²) in [6, 6.07) is 13.5. The first-order valence-corrected chi connectivity index (χ1v) is 7.57. The van der Waals surface area contributed by atoms with Crippen LogP contribution in [0.4, 0.5) is 4.39 Å². The van der Waals surface area contributed by atoms with E-state index in [4.69, 9.17) is 10.5 Å². The molecule has 0 radical (unpaired) electrons. The molecule has 106 valence electrons. The number of benzene rings is 2. The zero-order valence-corrected chi connectivity index (χ0v) is 11.7. The van der Waals surface area contributed by atoms with Crippen molar-refractivity contribution in [3.63, 3.8) is 0 Å². The van der Waals surface area contributed by atoms with E-state index >= 15 is 0 Å². The second-order valence-electron chi connectivity index (χ2n) is 4.18. The lowest BCUT2D eigenvalue weighted by molar-refractivity contribution is 0.342. The van der Waals surface area contributed by atoms with Crippen LogP contribution in [-0.4, -0.2) is 16.6 Å². The van der Waals surface area contributed by atoms with Gasteiger partial charge in [0.05, 0.1) is 21.4 Å². The molecule has 2 N–H and O–H groups in total. The van der Waals surface area contributed by atoms with Gasteiger partial charge in [-0.1, -0.05) is 24.3 Å². The minimum absolute atomic E-state index is 0.215. The molecule has 0 amide bonds. The van der Waals surface area contributed by atoms with Crippen molar-refractivity contribution in [3.8, 4) is 5.75 Å². The first kappa shape index (κ1) is 14.7. The van der Waals surface area contributed by atoms with Crippen LogP contribution in [0.25, 0.3) is 0 Å². The van der Waals surface area contributed by atoms with Gasteiger partial charge in [-0.15, -0.1) is 0 Å². The van der Waals surface area contributed by atoms with Crippen molar-refractivity contribution in [1.82, 2.24) is 0 Å². The summed E-state index contributed by atoms with van der Waals surface area (Å²) in [5.74, 6) is 0.475. The number of halogens is 1. The third-order valence-corrected chi connectivity index (χ3v) is 4.11. The lowest BCUT2D eigenvalue weighted by Gasteiger charge is -2.08. The zero-order chi connectivity index (χ0) is 14.4. The molecule has 0 aromatic heterocycles. The lowest BCUT2D eigenvalue weighted by Crippen LogP contribution is -2.10. The van der Waals surface area contributed by atoms with Crippen LogP contribution in [0.3, 0.4) is 0 Å². The van der Waals surface area contributed by atoms with Gasteiger partial charge in [0.2, 0.25) is 0 Å². The van der Waals surface area contributed by atoms with Crippen molar-refractivity contribution in [2.45, 2.75) is 11.4 Å². The van der Waals surface area contributed by atoms with Gasteiger partial charge in [0, 0.05) is 6.54 Å². The van der Waals surface area contributed by atoms with Crippen molar-refractivity contribution < 1.29 is 13.3 Å². The van der Waals surface area contributed by atoms with E-state index in [1.165, 1.54) is 12.1 Å². The van der Waals surface area contributed by atoms with E-state index in [0.717, 1.165) is 5.56 Å². The van der Waals surface area contributed by atoms with Crippen molar-refractivity contribution in [2.24, 2.45) is 5.73 Å². The van der Waals surface area contributed by atoms with E-state index in [0.29, 0.717) is 12.3 Å². The molecule has 2 rings (SSSR count). The summed E-state index contributed by atoms with van der Waals surface area (Å²) in [6.07, 6.45) is 0. The van der Waals surface area contributed by atoms with E-state index in [-0.39, 0.29) is 17.3 Å². The zero-order valence-electron chi connectivity index (χ0n) is 10.9. The number of rotatable bonds is 6. The Labute approximate surface area is 120 Å². The van der Waals surface area contributed by atoms with Crippen molar-refractivity contribution >= 4 is 10.8 Å². The summed E-state index contributed by atoms with van der Waals surface area (Å²) in [6.45, 7) is 0.702. The molecule has 0 spiro atoms. The highest BCUT2D eigenvalue weighted by atomic mass is 32.2. The van der Waals surface area contributed by atoms with Crippen LogP contribution < -0.4 is 10.5 Å². The Bertz CT molecular complexity index is 604. The Kier molecular flexibility index (Phi) is 5.26. The van der Waals surface area contributed by atoms with Crippen LogP contribution in [0, 0.1) is 5.82 Å². The second-order valence-corrected chi connectivity index (χ2v) is 5.72. The van der Waals surface area contributed by atoms with Gasteiger partial charge in [0.1, 0.15) is 18.2 Å². The highest BCUT2D eigenvalue weighted by Crippen LogP contribution is 2.14. The number of ether oxygens (including phenoxy) is 1. The van der Waals surface area contributed by atoms with Crippen molar-refractivity contribution in [1.29, 1.82) is 0 Å². The molecular weight excluding hydrogens is 277 g/mol. The Morgan fingerprint density at radius 2 is 1.95 bits per heavy atom. The molecular formula is C15H16FNO2S. The molecule has 2 aromatic carbocycles. The summed E-state index contributed by atoms with van der Waals surface area (Å²) in [7, 11) is -1.40. The second kappa shape index (κ2) is 7.17. The number of hydrogen-bond donors (Lipinski definition) is 1. The van der Waals surface area contributed by atoms with Crippen LogP contribution >= 0.6 is 0 Å². The molecule has 0 aliphatic rings. The fraction of sp³-hybridized carbons (Fsp3) is 0.200. The standard InChI is InChI=1S/C15H16FNO2S/c16-14-6-1-2-7-15(14)20(18)9-8-19-13-5-3-4-12(10-13)11-17/h1-7,10H,8-9,11,17H2. The van der Waals surface area contributed by atoms with Gasteiger partial charge in [-0.3, -0.25) is 4.21 Å². The van der Waals surface area contributed by atoms with Gasteiger partial charge in [-0.05, 0) is 29.8 Å². The first-order valence-electron chi connectivity index (χ1n) is 6.25. The number of nitrogens with two attached hydrogens (primary N) is 1. The Hall–Kier alpha value is -1.72. The Balaban J connectivity index is 1.89. The topological polar surface area (TPSA) is 52.3 Å². The van der Waals surface area contributed by atoms with Crippen molar-refractivity contribution in [3.05, 3.63) is 59.9 Å². The largest absolute Gasteiger partial charge is 0.493 e. The van der Waals surface area contributed by atoms with Crippen LogP contribution in [0.15, 0.2) is 53.4 Å². The molecule has 0 bridgehead atoms. The van der Waals surface area contributed by atoms with E-state index in [1.54, 1.807) is 12.1 Å². The highest BCUT2D eigenvalue weighted by molar-refractivity contribution is 7.85. The molecule has 5 heteroatoms. The molecule has 2 aromatic rings. The Morgan fingerprint density at radius 3 is 2.70 bits per heavy atom. The third kappa shape index (κ3) is 3.88. The van der Waals surface area contributed by atoms with Gasteiger partial charge < -0.3 is 10.5 Å². The summed E-state index contributed by atoms with van der Waals surface area (Å²) in [5, 5.41) is 0. The monoisotopic (exact) mass is 293 g/mol. The molecule has 20 heavy (non-hydrogen) atoms. The third-order valence-electron chi connectivity index (χ3n) is 2.75. The van der Waals surface area contributed by atoms with Gasteiger partial charge >= 0.3 is 0 Å². The molecule has 0 saturated heterocycles. The average molecular weight is 293 g/mol. The molecule has 0 saturated carbocycles. The predicted octanol–water partition coefficient (Wildman–Crippen LogP) is 2.47. The van der Waals surface area contributed by atoms with E-state index < -0.39 is 16.6 Å². The smallest absolute Gasteiger partial charge is 0.139 e. The van der Waals surface area contributed by atoms with Gasteiger partial charge in [0.25, 0.3) is 0 Å². The maximum atomic E-state index is 13.4. The quantitative estimate of drug-likeness (QED) is 0.890. The normalized spacial score (nSPS) is 12.1. The molecule has 1 unspecified atom stereocenters. The van der Waals surface area contributed by atoms with E-state index in [1.807, 2.05) is 24.3 Å². The molecule has 0 aliphatic heterocycles. The average Bonchev–Trinajstić information content (AvgIpc) is 2.48. The maximum absolute atomic E-state index is 13.4. The number of hydrogen-bond acceptors (Lipinski definition) is 3. The molecule has 0 fully saturated rings. The fourth-order valence-electron chi connectivity index (χ4n) is 1.74. The summed E-state index contributed by atoms with van der Waals surface area (Å²) >= 11 is 0. The first-order chi connectivity index (χ1) is 9.70. The van der Waals surface area contributed by atoms with Crippen molar-refractivity contribution in [2.75, 3.05) is 12.4 Å². The van der Waals surface area contributed by atoms with Crippen LogP contribution in [0.1, 0.15) is 5.56 Å². The van der Waals surface area contributed by atoms with Crippen LogP contribution in [0.5, 0.6) is 5.75 Å². The minimum Gasteiger partial charge on any atom is -0.493 e. The molecule has 0 aliphatic carbocycles. The van der Waals surface area contributed by atoms with Crippen LogP contribution in [-0.2, 0) is 17.3 Å². The predicted molar refractivity (Wildman–Crippen MR) is 77.5 cm³/mol. The van der Waals surface area contributed by atoms with E-state index in [9.17, 15) is 8.60 Å². The Morgan fingerprint density at radius 1 is 1.15 bits per heavy atom. The summed E-state index contributed by atoms with van der Waals surface area (Å²) in [5.41, 5.74) is 6.51. The molecule has 0 heterocycles. The summed E-state index contributed by atoms with van der Waals surface area (Å²) < 4.78 is 30.9. The van der Waals surface area contributed by atoms with Crippen LogP contribution in [0.2, 0.25) is 0 Å². The van der Waals surface area contributed by atoms with Gasteiger partial charge in [-0.25, -0.2) is 4.39 Å². The lowest BCUT2D eigenvalue weighted by atomic mass is 10.2. The highest BCUT2D eigenvalue weighted by Gasteiger charge is 2.09. The summed E-state index contributed by atoms with van der Waals surface area (Å²) in [4.78, 5) is 0.215. The van der Waals surface area contributed by atoms with Gasteiger partial charge in [0.15, 0.2) is 0 Å². The SMILES string of the molecule is NCc1cccc(OCCS(=O)c2ccccc2F)c1. The molecule has 3 nitrogen and oxygen atoms in total. The van der Waals surface area contributed by atoms with E-state index in [2.05, 4.69) is 0 Å². The molecule has 1 atom stereocenters. The minimum atomic E-state index is -1.40.